The molecule has 266 valence electrons. The summed E-state index contributed by atoms with van der Waals surface area (Å²) in [5.41, 5.74) is 5.95. The topological polar surface area (TPSA) is 204 Å². The van der Waals surface area contributed by atoms with E-state index in [9.17, 15) is 39.6 Å². The van der Waals surface area contributed by atoms with Crippen LogP contribution < -0.4 is 21.3 Å². The number of hydrogen-bond donors (Lipinski definition) is 8. The zero-order chi connectivity index (χ0) is 36.6. The molecule has 0 aliphatic carbocycles. The van der Waals surface area contributed by atoms with Crippen molar-refractivity contribution in [2.24, 2.45) is 0 Å². The normalized spacial score (nSPS) is 12.2. The quantitative estimate of drug-likeness (QED) is 0.124. The molecule has 4 amide bonds. The second-order valence-electron chi connectivity index (χ2n) is 12.1. The summed E-state index contributed by atoms with van der Waals surface area (Å²) >= 11 is 0. The first-order valence-electron chi connectivity index (χ1n) is 15.8. The van der Waals surface area contributed by atoms with Crippen LogP contribution in [0.4, 0.5) is 11.4 Å². The fourth-order valence-electron chi connectivity index (χ4n) is 6.33. The van der Waals surface area contributed by atoms with Crippen LogP contribution in [0.5, 0.6) is 0 Å². The number of nitrogens with zero attached hydrogens (tertiary/aromatic N) is 2. The van der Waals surface area contributed by atoms with Gasteiger partial charge in [0.2, 0.25) is 0 Å². The van der Waals surface area contributed by atoms with E-state index in [1.54, 1.807) is 55.6 Å². The second kappa shape index (κ2) is 17.2. The van der Waals surface area contributed by atoms with E-state index in [2.05, 4.69) is 21.3 Å². The number of likely N-dealkylation sites (N-methyl/N-ethyl adjacent to an activating group) is 2. The average molecular weight is 673 g/mol. The number of carbonyl (C=O) groups excluding carboxylic acids is 4. The van der Waals surface area contributed by atoms with Crippen LogP contribution in [0.25, 0.3) is 0 Å². The molecule has 0 radical (unpaired) electrons. The van der Waals surface area contributed by atoms with Crippen LogP contribution in [-0.2, 0) is 0 Å². The minimum atomic E-state index is -1.11. The molecule has 14 heteroatoms. The Bertz CT molecular complexity index is 1430. The van der Waals surface area contributed by atoms with E-state index < -0.39 is 49.1 Å². The van der Waals surface area contributed by atoms with Gasteiger partial charge in [0.05, 0.1) is 25.4 Å². The summed E-state index contributed by atoms with van der Waals surface area (Å²) in [7, 11) is 6.41. The molecule has 2 aromatic rings. The smallest absolute Gasteiger partial charge is 0.254 e. The van der Waals surface area contributed by atoms with Crippen LogP contribution in [0.1, 0.15) is 74.8 Å². The molecule has 0 fully saturated rings. The number of aliphatic hydroxyl groups excluding tert-OH is 4. The average Bonchev–Trinajstić information content (AvgIpc) is 3.02. The van der Waals surface area contributed by atoms with Gasteiger partial charge in [-0.15, -0.1) is 0 Å². The van der Waals surface area contributed by atoms with Crippen LogP contribution >= 0.6 is 0 Å². The van der Waals surface area contributed by atoms with Gasteiger partial charge in [0.25, 0.3) is 23.6 Å². The number of benzene rings is 2. The molecule has 2 rings (SSSR count). The third-order valence-electron chi connectivity index (χ3n) is 8.66. The second-order valence-corrected chi connectivity index (χ2v) is 12.1. The minimum Gasteiger partial charge on any atom is -0.394 e. The molecule has 2 unspecified atom stereocenters. The summed E-state index contributed by atoms with van der Waals surface area (Å²) in [6.45, 7) is 9.42. The SMILES string of the molecule is CNc1c(C)c(C(=O)NCCNC(=O)c2c(C)c(NC)c(C)c(C(=O)N(C)CC(O)CO)c2C)c(C)c(C(=O)N(C)CC(O)CO)c1C. The van der Waals surface area contributed by atoms with Crippen molar-refractivity contribution in [3.05, 3.63) is 55.6 Å². The molecule has 14 nitrogen and oxygen atoms in total. The van der Waals surface area contributed by atoms with Gasteiger partial charge in [-0.1, -0.05) is 0 Å². The third-order valence-corrected chi connectivity index (χ3v) is 8.66. The van der Waals surface area contributed by atoms with Crippen LogP contribution in [-0.4, -0.2) is 134 Å². The van der Waals surface area contributed by atoms with E-state index in [0.29, 0.717) is 67.0 Å². The monoisotopic (exact) mass is 672 g/mol. The first-order valence-corrected chi connectivity index (χ1v) is 15.8. The molecule has 0 saturated carbocycles. The maximum absolute atomic E-state index is 13.5. The van der Waals surface area contributed by atoms with E-state index in [-0.39, 0.29) is 26.2 Å². The molecular weight excluding hydrogens is 620 g/mol. The maximum atomic E-state index is 13.5. The zero-order valence-corrected chi connectivity index (χ0v) is 29.7. The van der Waals surface area contributed by atoms with Crippen LogP contribution in [0.2, 0.25) is 0 Å². The number of aliphatic hydroxyl groups is 4. The lowest BCUT2D eigenvalue weighted by atomic mass is 9.89. The standard InChI is InChI=1S/C34H52N6O8/c1-17-25(19(3)29(35-7)21(5)27(17)33(47)39(9)13-23(43)15-41)31(45)37-11-12-38-32(46)26-18(2)28(22(6)30(36-8)20(26)4)34(48)40(10)14-24(44)16-42/h23-24,35-36,41-44H,11-16H2,1-10H3,(H,37,45)(H,38,46). The summed E-state index contributed by atoms with van der Waals surface area (Å²) in [6, 6.07) is 0. The van der Waals surface area contributed by atoms with E-state index in [1.165, 1.54) is 23.9 Å². The Morgan fingerprint density at radius 2 is 0.854 bits per heavy atom. The minimum absolute atomic E-state index is 0.0640. The van der Waals surface area contributed by atoms with Crippen molar-refractivity contribution in [1.82, 2.24) is 20.4 Å². The van der Waals surface area contributed by atoms with Gasteiger partial charge < -0.3 is 51.5 Å². The van der Waals surface area contributed by atoms with Gasteiger partial charge in [-0.3, -0.25) is 19.2 Å². The first kappa shape index (κ1) is 39.9. The molecule has 2 aromatic carbocycles. The van der Waals surface area contributed by atoms with Gasteiger partial charge in [-0.25, -0.2) is 0 Å². The Morgan fingerprint density at radius 3 is 1.12 bits per heavy atom. The zero-order valence-electron chi connectivity index (χ0n) is 29.7. The lowest BCUT2D eigenvalue weighted by molar-refractivity contribution is 0.0517. The summed E-state index contributed by atoms with van der Waals surface area (Å²) in [4.78, 5) is 56.5. The van der Waals surface area contributed by atoms with Crippen molar-refractivity contribution in [2.75, 3.05) is 78.2 Å². The van der Waals surface area contributed by atoms with Gasteiger partial charge in [0.15, 0.2) is 0 Å². The molecule has 0 saturated heterocycles. The Balaban J connectivity index is 2.33. The van der Waals surface area contributed by atoms with Crippen LogP contribution in [0, 0.1) is 41.5 Å². The highest BCUT2D eigenvalue weighted by Crippen LogP contribution is 2.33. The Kier molecular flexibility index (Phi) is 14.3. The Hall–Kier alpha value is -4.24. The number of anilines is 2. The van der Waals surface area contributed by atoms with E-state index in [1.807, 2.05) is 0 Å². The van der Waals surface area contributed by atoms with Crippen molar-refractivity contribution in [2.45, 2.75) is 53.8 Å². The van der Waals surface area contributed by atoms with Gasteiger partial charge in [-0.05, 0) is 74.9 Å². The number of hydrogen-bond acceptors (Lipinski definition) is 10. The fourth-order valence-corrected chi connectivity index (χ4v) is 6.33. The van der Waals surface area contributed by atoms with Gasteiger partial charge in [0.1, 0.15) is 0 Å². The van der Waals surface area contributed by atoms with Crippen LogP contribution in [0.3, 0.4) is 0 Å². The van der Waals surface area contributed by atoms with Crippen molar-refractivity contribution in [1.29, 1.82) is 0 Å². The van der Waals surface area contributed by atoms with E-state index in [4.69, 9.17) is 0 Å². The summed E-state index contributed by atoms with van der Waals surface area (Å²) in [5.74, 6) is -1.70. The summed E-state index contributed by atoms with van der Waals surface area (Å²) < 4.78 is 0. The van der Waals surface area contributed by atoms with E-state index in [0.717, 1.165) is 0 Å². The van der Waals surface area contributed by atoms with Gasteiger partial charge >= 0.3 is 0 Å². The molecule has 0 spiro atoms. The molecule has 8 N–H and O–H groups in total. The highest BCUT2D eigenvalue weighted by atomic mass is 16.3. The largest absolute Gasteiger partial charge is 0.394 e. The lowest BCUT2D eigenvalue weighted by Crippen LogP contribution is -2.38. The number of rotatable bonds is 15. The highest BCUT2D eigenvalue weighted by molar-refractivity contribution is 6.07. The van der Waals surface area contributed by atoms with E-state index >= 15 is 0 Å². The maximum Gasteiger partial charge on any atom is 0.254 e. The molecule has 2 atom stereocenters. The summed E-state index contributed by atoms with van der Waals surface area (Å²) in [5, 5.41) is 50.0. The summed E-state index contributed by atoms with van der Waals surface area (Å²) in [6.07, 6.45) is -2.22. The third kappa shape index (κ3) is 8.42. The number of amides is 4. The molecule has 0 aliphatic heterocycles. The van der Waals surface area contributed by atoms with Crippen LogP contribution in [0.15, 0.2) is 0 Å². The predicted molar refractivity (Wildman–Crippen MR) is 185 cm³/mol. The molecular formula is C34H52N6O8. The number of carbonyl (C=O) groups is 4. The highest BCUT2D eigenvalue weighted by Gasteiger charge is 2.29. The number of nitrogens with one attached hydrogen (secondary N) is 4. The Morgan fingerprint density at radius 1 is 0.562 bits per heavy atom. The first-order chi connectivity index (χ1) is 22.5. The Labute approximate surface area is 282 Å². The lowest BCUT2D eigenvalue weighted by Gasteiger charge is -2.26. The van der Waals surface area contributed by atoms with Gasteiger partial charge in [0, 0.05) is 88.0 Å². The fraction of sp³-hybridized carbons (Fsp3) is 0.529. The molecule has 0 aromatic heterocycles. The van der Waals surface area contributed by atoms with Crippen molar-refractivity contribution in [3.63, 3.8) is 0 Å². The molecule has 0 aliphatic rings. The predicted octanol–water partition coefficient (Wildman–Crippen LogP) is 0.631. The molecule has 48 heavy (non-hydrogen) atoms. The van der Waals surface area contributed by atoms with Crippen molar-refractivity contribution < 1.29 is 39.6 Å². The molecule has 0 bridgehead atoms. The van der Waals surface area contributed by atoms with Gasteiger partial charge in [-0.2, -0.15) is 0 Å². The van der Waals surface area contributed by atoms with Crippen molar-refractivity contribution >= 4 is 35.0 Å². The molecule has 0 heterocycles. The van der Waals surface area contributed by atoms with Crippen molar-refractivity contribution in [3.8, 4) is 0 Å².